The second kappa shape index (κ2) is 10.4. The number of rotatable bonds is 3. The van der Waals surface area contributed by atoms with Gasteiger partial charge in [-0.1, -0.05) is 91.9 Å². The third-order valence-electron chi connectivity index (χ3n) is 10.6. The van der Waals surface area contributed by atoms with E-state index in [1.54, 1.807) is 0 Å². The van der Waals surface area contributed by atoms with Crippen molar-refractivity contribution < 1.29 is 0 Å². The number of benzene rings is 5. The van der Waals surface area contributed by atoms with Crippen LogP contribution in [0.4, 0.5) is 11.4 Å². The molecular weight excluding hydrogens is 603 g/mol. The maximum atomic E-state index is 10.1. The Kier molecular flexibility index (Phi) is 5.98. The van der Waals surface area contributed by atoms with Crippen LogP contribution in [-0.4, -0.2) is 10.6 Å². The van der Waals surface area contributed by atoms with Crippen LogP contribution in [0, 0.1) is 11.3 Å². The van der Waals surface area contributed by atoms with Crippen LogP contribution in [-0.2, 0) is 0 Å². The minimum Gasteiger partial charge on any atom is -0.333 e. The molecule has 0 saturated heterocycles. The summed E-state index contributed by atoms with van der Waals surface area (Å²) >= 11 is 1.91. The maximum absolute atomic E-state index is 10.1. The Hall–Kier alpha value is -5.63. The average molecular weight is 634 g/mol. The Balaban J connectivity index is 1.25. The van der Waals surface area contributed by atoms with Crippen LogP contribution in [0.5, 0.6) is 0 Å². The fraction of sp³-hybridized carbons (Fsp3) is 0.114. The van der Waals surface area contributed by atoms with E-state index in [2.05, 4.69) is 156 Å². The van der Waals surface area contributed by atoms with Crippen LogP contribution in [0.2, 0.25) is 0 Å². The minimum absolute atomic E-state index is 0.188. The number of allylic oxidation sites excluding steroid dienone is 3. The number of nitriles is 1. The summed E-state index contributed by atoms with van der Waals surface area (Å²) in [5.41, 5.74) is 11.9. The molecule has 0 N–H and O–H groups in total. The highest BCUT2D eigenvalue weighted by Crippen LogP contribution is 2.53. The summed E-state index contributed by atoms with van der Waals surface area (Å²) in [5, 5.41) is 14.1. The Morgan fingerprint density at radius 3 is 2.50 bits per heavy atom. The predicted octanol–water partition coefficient (Wildman–Crippen LogP) is 11.6. The number of para-hydroxylation sites is 2. The average Bonchev–Trinajstić information content (AvgIpc) is 3.79. The van der Waals surface area contributed by atoms with Gasteiger partial charge in [-0.2, -0.15) is 5.26 Å². The van der Waals surface area contributed by atoms with Crippen LogP contribution in [0.3, 0.4) is 0 Å². The van der Waals surface area contributed by atoms with E-state index in [0.717, 1.165) is 23.4 Å². The number of thiophene rings is 1. The molecule has 5 aromatic carbocycles. The molecule has 3 unspecified atom stereocenters. The van der Waals surface area contributed by atoms with E-state index in [-0.39, 0.29) is 12.0 Å². The van der Waals surface area contributed by atoms with Crippen LogP contribution in [0.25, 0.3) is 48.4 Å². The molecule has 48 heavy (non-hydrogen) atoms. The van der Waals surface area contributed by atoms with Crippen molar-refractivity contribution in [2.45, 2.75) is 31.2 Å². The fourth-order valence-corrected chi connectivity index (χ4v) is 9.84. The number of nitrogens with zero attached hydrogens (tertiary/aromatic N) is 3. The second-order valence-corrected chi connectivity index (χ2v) is 14.3. The van der Waals surface area contributed by atoms with E-state index < -0.39 is 0 Å². The monoisotopic (exact) mass is 633 g/mol. The van der Waals surface area contributed by atoms with Gasteiger partial charge < -0.3 is 9.47 Å². The lowest BCUT2D eigenvalue weighted by Crippen LogP contribution is -2.29. The molecule has 0 radical (unpaired) electrons. The van der Waals surface area contributed by atoms with Crippen molar-refractivity contribution in [1.82, 2.24) is 4.57 Å². The zero-order valence-corrected chi connectivity index (χ0v) is 27.3. The first-order valence-electron chi connectivity index (χ1n) is 16.7. The van der Waals surface area contributed by atoms with Gasteiger partial charge in [0.25, 0.3) is 0 Å². The zero-order valence-electron chi connectivity index (χ0n) is 26.5. The number of aromatic nitrogens is 1. The Labute approximate surface area is 283 Å². The molecule has 3 heterocycles. The molecule has 10 rings (SSSR count). The smallest absolute Gasteiger partial charge is 0.0991 e. The van der Waals surface area contributed by atoms with Gasteiger partial charge in [0.05, 0.1) is 28.9 Å². The summed E-state index contributed by atoms with van der Waals surface area (Å²) in [6.45, 7) is 2.39. The molecule has 0 fully saturated rings. The predicted molar refractivity (Wildman–Crippen MR) is 202 cm³/mol. The number of fused-ring (bicyclic) bond motifs is 10. The van der Waals surface area contributed by atoms with Gasteiger partial charge in [-0.25, -0.2) is 0 Å². The first kappa shape index (κ1) is 27.5. The molecule has 3 aliphatic rings. The summed E-state index contributed by atoms with van der Waals surface area (Å²) in [5.74, 6) is 0.572. The Morgan fingerprint density at radius 2 is 1.60 bits per heavy atom. The van der Waals surface area contributed by atoms with Gasteiger partial charge in [0, 0.05) is 54.1 Å². The van der Waals surface area contributed by atoms with Crippen molar-refractivity contribution in [2.75, 3.05) is 4.90 Å². The first-order valence-corrected chi connectivity index (χ1v) is 17.5. The van der Waals surface area contributed by atoms with Gasteiger partial charge in [0.1, 0.15) is 0 Å². The normalized spacial score (nSPS) is 19.4. The van der Waals surface area contributed by atoms with E-state index in [0.29, 0.717) is 11.5 Å². The first-order chi connectivity index (χ1) is 23.7. The molecule has 4 heteroatoms. The highest BCUT2D eigenvalue weighted by molar-refractivity contribution is 7.26. The van der Waals surface area contributed by atoms with Crippen molar-refractivity contribution in [3.63, 3.8) is 0 Å². The third-order valence-corrected chi connectivity index (χ3v) is 11.8. The molecule has 3 atom stereocenters. The summed E-state index contributed by atoms with van der Waals surface area (Å²) < 4.78 is 5.16. The summed E-state index contributed by atoms with van der Waals surface area (Å²) in [7, 11) is 0. The highest BCUT2D eigenvalue weighted by Gasteiger charge is 2.39. The summed E-state index contributed by atoms with van der Waals surface area (Å²) in [6.07, 6.45) is 12.3. The Bertz CT molecular complexity index is 2590. The molecule has 2 aliphatic carbocycles. The van der Waals surface area contributed by atoms with E-state index in [4.69, 9.17) is 0 Å². The van der Waals surface area contributed by atoms with Crippen molar-refractivity contribution in [2.24, 2.45) is 0 Å². The van der Waals surface area contributed by atoms with Gasteiger partial charge in [-0.3, -0.25) is 0 Å². The van der Waals surface area contributed by atoms with Crippen molar-refractivity contribution in [3.8, 4) is 11.8 Å². The standard InChI is InChI=1S/C44H31N3S/c1-27-23-29(35-24-28(26-45)19-21-38(35)47-36-16-8-5-13-31(36)32-14-6-9-17-37(32)47)25-40-42(27)43-39(46(40)30-11-3-2-4-12-30)22-20-34-33-15-7-10-18-41(33)48-44(34)43/h2-22,24-25,27,31,36H,23H2,1H3. The number of anilines is 2. The highest BCUT2D eigenvalue weighted by atomic mass is 32.1. The van der Waals surface area contributed by atoms with Crippen molar-refractivity contribution in [3.05, 3.63) is 161 Å². The molecule has 0 spiro atoms. The van der Waals surface area contributed by atoms with Crippen molar-refractivity contribution in [1.29, 1.82) is 5.26 Å². The molecule has 7 aromatic rings. The van der Waals surface area contributed by atoms with E-state index >= 15 is 0 Å². The van der Waals surface area contributed by atoms with Crippen LogP contribution < -0.4 is 4.90 Å². The van der Waals surface area contributed by atoms with Crippen LogP contribution >= 0.6 is 11.3 Å². The molecule has 0 bridgehead atoms. The van der Waals surface area contributed by atoms with Gasteiger partial charge in [-0.15, -0.1) is 11.3 Å². The summed E-state index contributed by atoms with van der Waals surface area (Å²) in [6, 6.07) is 41.9. The van der Waals surface area contributed by atoms with Gasteiger partial charge in [0.2, 0.25) is 0 Å². The lowest BCUT2D eigenvalue weighted by atomic mass is 9.82. The topological polar surface area (TPSA) is 32.0 Å². The van der Waals surface area contributed by atoms with E-state index in [9.17, 15) is 5.26 Å². The van der Waals surface area contributed by atoms with Crippen molar-refractivity contribution >= 4 is 65.4 Å². The molecule has 0 amide bonds. The third kappa shape index (κ3) is 3.86. The second-order valence-electron chi connectivity index (χ2n) is 13.2. The quantitative estimate of drug-likeness (QED) is 0.194. The van der Waals surface area contributed by atoms with E-state index in [1.165, 1.54) is 59.2 Å². The number of hydrogen-bond acceptors (Lipinski definition) is 3. The molecule has 228 valence electrons. The molecule has 1 aliphatic heterocycles. The molecule has 3 nitrogen and oxygen atoms in total. The number of hydrogen-bond donors (Lipinski definition) is 0. The van der Waals surface area contributed by atoms with E-state index in [1.807, 2.05) is 17.4 Å². The van der Waals surface area contributed by atoms with Crippen LogP contribution in [0.15, 0.2) is 133 Å². The SMILES string of the molecule is CC1CC(c2cc(C#N)ccc2N2c3ccccc3C3C=CC=CC32)=Cc2c1c1c3sc4ccccc4c3ccc1n2-c1ccccc1. The minimum atomic E-state index is 0.188. The largest absolute Gasteiger partial charge is 0.333 e. The van der Waals surface area contributed by atoms with Gasteiger partial charge in [-0.05, 0) is 83.6 Å². The molecular formula is C44H31N3S. The van der Waals surface area contributed by atoms with Gasteiger partial charge in [0.15, 0.2) is 0 Å². The fourth-order valence-electron chi connectivity index (χ4n) is 8.59. The maximum Gasteiger partial charge on any atom is 0.0991 e. The lowest BCUT2D eigenvalue weighted by Gasteiger charge is -2.32. The summed E-state index contributed by atoms with van der Waals surface area (Å²) in [4.78, 5) is 2.50. The molecule has 2 aromatic heterocycles. The lowest BCUT2D eigenvalue weighted by molar-refractivity contribution is 0.742. The molecule has 0 saturated carbocycles. The Morgan fingerprint density at radius 1 is 0.792 bits per heavy atom. The van der Waals surface area contributed by atoms with Crippen LogP contribution in [0.1, 0.15) is 53.1 Å². The van der Waals surface area contributed by atoms with Gasteiger partial charge >= 0.3 is 0 Å². The zero-order chi connectivity index (χ0) is 31.9.